The minimum Gasteiger partial charge on any atom is -0.338 e. The molecule has 2 aromatic rings. The maximum absolute atomic E-state index is 12.7. The lowest BCUT2D eigenvalue weighted by molar-refractivity contribution is -0.000781. The standard InChI is InChI=1S/C18H20F3N3O4S2/c1-2-11-23-14-7-3-5-9-16(14)24(17-10-6-4-8-15(17)23)12-13-29(25,26)22-30(27,28-21)18(19)20/h3-10,18H,2,11-13H2,1H3. The monoisotopic (exact) mass is 463 g/mol. The zero-order chi connectivity index (χ0) is 21.9. The smallest absolute Gasteiger partial charge is 0.338 e. The highest BCUT2D eigenvalue weighted by Gasteiger charge is 2.31. The number of hydrogen-bond donors (Lipinski definition) is 0. The van der Waals surface area contributed by atoms with Crippen LogP contribution in [0, 0.1) is 0 Å². The minimum absolute atomic E-state index is 0.176. The SMILES string of the molecule is CCCN1c2ccccc2N(CCS(=O)(=O)N=S(=O)(OF)C(F)F)c2ccccc21. The molecule has 0 radical (unpaired) electrons. The molecule has 0 saturated heterocycles. The molecule has 1 atom stereocenters. The van der Waals surface area contributed by atoms with Crippen LogP contribution < -0.4 is 9.80 Å². The van der Waals surface area contributed by atoms with Crippen molar-refractivity contribution < 1.29 is 30.3 Å². The van der Waals surface area contributed by atoms with Crippen molar-refractivity contribution >= 4 is 42.8 Å². The maximum atomic E-state index is 12.7. The van der Waals surface area contributed by atoms with Gasteiger partial charge in [0.05, 0.1) is 28.5 Å². The summed E-state index contributed by atoms with van der Waals surface area (Å²) in [5.41, 5.74) is 3.15. The van der Waals surface area contributed by atoms with Crippen LogP contribution in [0.25, 0.3) is 0 Å². The molecular formula is C18H20F3N3O4S2. The Labute approximate surface area is 173 Å². The normalized spacial score (nSPS) is 15.5. The molecule has 1 unspecified atom stereocenters. The van der Waals surface area contributed by atoms with Gasteiger partial charge in [-0.05, 0) is 35.2 Å². The number of nitrogens with zero attached hydrogens (tertiary/aromatic N) is 3. The van der Waals surface area contributed by atoms with Gasteiger partial charge in [0, 0.05) is 13.1 Å². The minimum atomic E-state index is -5.28. The first-order valence-electron chi connectivity index (χ1n) is 9.04. The van der Waals surface area contributed by atoms with E-state index < -0.39 is 31.5 Å². The summed E-state index contributed by atoms with van der Waals surface area (Å²) in [7, 11) is -9.96. The molecule has 1 aliphatic heterocycles. The third-order valence-corrected chi connectivity index (χ3v) is 7.55. The van der Waals surface area contributed by atoms with Gasteiger partial charge in [-0.15, -0.1) is 0 Å². The maximum Gasteiger partial charge on any atom is 0.346 e. The zero-order valence-corrected chi connectivity index (χ0v) is 17.6. The number of halogens is 3. The van der Waals surface area contributed by atoms with Crippen molar-refractivity contribution in [1.82, 2.24) is 0 Å². The van der Waals surface area contributed by atoms with E-state index in [0.29, 0.717) is 0 Å². The summed E-state index contributed by atoms with van der Waals surface area (Å²) >= 11 is 0. The lowest BCUT2D eigenvalue weighted by Gasteiger charge is -2.40. The molecular weight excluding hydrogens is 443 g/mol. The van der Waals surface area contributed by atoms with Crippen molar-refractivity contribution in [3.8, 4) is 0 Å². The fourth-order valence-corrected chi connectivity index (χ4v) is 5.66. The van der Waals surface area contributed by atoms with E-state index in [1.54, 1.807) is 17.0 Å². The Hall–Kier alpha value is -2.31. The first kappa shape index (κ1) is 22.4. The quantitative estimate of drug-likeness (QED) is 0.573. The second kappa shape index (κ2) is 8.82. The molecule has 0 spiro atoms. The second-order valence-corrected chi connectivity index (χ2v) is 10.2. The fourth-order valence-electron chi connectivity index (χ4n) is 3.28. The van der Waals surface area contributed by atoms with Gasteiger partial charge in [0.15, 0.2) is 0 Å². The van der Waals surface area contributed by atoms with E-state index >= 15 is 0 Å². The largest absolute Gasteiger partial charge is 0.346 e. The lowest BCUT2D eigenvalue weighted by atomic mass is 10.1. The van der Waals surface area contributed by atoms with Gasteiger partial charge < -0.3 is 9.80 Å². The summed E-state index contributed by atoms with van der Waals surface area (Å²) in [4.78, 5) is 3.82. The van der Waals surface area contributed by atoms with Gasteiger partial charge in [-0.25, -0.2) is 12.6 Å². The lowest BCUT2D eigenvalue weighted by Crippen LogP contribution is -2.33. The number of para-hydroxylation sites is 4. The van der Waals surface area contributed by atoms with Gasteiger partial charge in [0.1, 0.15) is 0 Å². The molecule has 0 fully saturated rings. The Morgan fingerprint density at radius 2 is 1.33 bits per heavy atom. The number of fused-ring (bicyclic) bond motifs is 2. The number of benzene rings is 2. The van der Waals surface area contributed by atoms with Crippen molar-refractivity contribution in [2.75, 3.05) is 28.6 Å². The Morgan fingerprint density at radius 1 is 0.900 bits per heavy atom. The molecule has 2 aromatic carbocycles. The number of sulfonamides is 1. The van der Waals surface area contributed by atoms with Gasteiger partial charge in [-0.2, -0.15) is 8.78 Å². The first-order chi connectivity index (χ1) is 14.2. The first-order valence-corrected chi connectivity index (χ1v) is 12.1. The molecule has 3 rings (SSSR count). The average molecular weight is 464 g/mol. The van der Waals surface area contributed by atoms with E-state index in [1.807, 2.05) is 43.3 Å². The zero-order valence-electron chi connectivity index (χ0n) is 15.9. The van der Waals surface area contributed by atoms with E-state index in [4.69, 9.17) is 0 Å². The Bertz CT molecular complexity index is 1090. The van der Waals surface area contributed by atoms with E-state index in [-0.39, 0.29) is 6.54 Å². The molecule has 0 N–H and O–H groups in total. The summed E-state index contributed by atoms with van der Waals surface area (Å²) in [6.45, 7) is 2.60. The van der Waals surface area contributed by atoms with E-state index in [9.17, 15) is 25.9 Å². The number of rotatable bonds is 8. The topological polar surface area (TPSA) is 79.3 Å². The van der Waals surface area contributed by atoms with Crippen LogP contribution in [-0.4, -0.2) is 37.2 Å². The predicted molar refractivity (Wildman–Crippen MR) is 110 cm³/mol. The van der Waals surface area contributed by atoms with Crippen LogP contribution >= 0.6 is 0 Å². The fraction of sp³-hybridized carbons (Fsp3) is 0.333. The second-order valence-electron chi connectivity index (χ2n) is 6.48. The van der Waals surface area contributed by atoms with Crippen LogP contribution in [0.5, 0.6) is 0 Å². The van der Waals surface area contributed by atoms with Crippen LogP contribution in [0.15, 0.2) is 52.3 Å². The van der Waals surface area contributed by atoms with Crippen molar-refractivity contribution in [1.29, 1.82) is 0 Å². The van der Waals surface area contributed by atoms with Crippen molar-refractivity contribution in [3.63, 3.8) is 0 Å². The molecule has 1 aliphatic rings. The highest BCUT2D eigenvalue weighted by atomic mass is 32.3. The van der Waals surface area contributed by atoms with Crippen molar-refractivity contribution in [2.24, 2.45) is 3.77 Å². The molecule has 0 amide bonds. The molecule has 164 valence electrons. The van der Waals surface area contributed by atoms with Gasteiger partial charge in [-0.1, -0.05) is 39.3 Å². The average Bonchev–Trinajstić information content (AvgIpc) is 2.72. The summed E-state index contributed by atoms with van der Waals surface area (Å²) in [5.74, 6) is -4.67. The molecule has 0 aliphatic carbocycles. The van der Waals surface area contributed by atoms with Crippen molar-refractivity contribution in [2.45, 2.75) is 19.1 Å². The van der Waals surface area contributed by atoms with Gasteiger partial charge >= 0.3 is 5.76 Å². The highest BCUT2D eigenvalue weighted by Crippen LogP contribution is 2.47. The van der Waals surface area contributed by atoms with Gasteiger partial charge in [0.2, 0.25) is 0 Å². The molecule has 30 heavy (non-hydrogen) atoms. The van der Waals surface area contributed by atoms with E-state index in [2.05, 4.69) is 13.1 Å². The number of anilines is 4. The van der Waals surface area contributed by atoms with Crippen LogP contribution in [-0.2, 0) is 24.4 Å². The van der Waals surface area contributed by atoms with Gasteiger partial charge in [-0.3, -0.25) is 0 Å². The number of alkyl halides is 2. The Balaban J connectivity index is 1.99. The Kier molecular flexibility index (Phi) is 6.58. The van der Waals surface area contributed by atoms with Crippen LogP contribution in [0.3, 0.4) is 0 Å². The van der Waals surface area contributed by atoms with E-state index in [1.165, 1.54) is 0 Å². The highest BCUT2D eigenvalue weighted by molar-refractivity contribution is 8.01. The summed E-state index contributed by atoms with van der Waals surface area (Å²) in [6, 6.07) is 14.7. The summed E-state index contributed by atoms with van der Waals surface area (Å²) < 4.78 is 78.8. The Morgan fingerprint density at radius 3 is 1.70 bits per heavy atom. The third kappa shape index (κ3) is 4.40. The van der Waals surface area contributed by atoms with Crippen LogP contribution in [0.2, 0.25) is 0 Å². The molecule has 12 heteroatoms. The predicted octanol–water partition coefficient (Wildman–Crippen LogP) is 4.52. The molecule has 0 saturated carbocycles. The summed E-state index contributed by atoms with van der Waals surface area (Å²) in [6.07, 6.45) is 0.876. The molecule has 1 heterocycles. The molecule has 0 bridgehead atoms. The summed E-state index contributed by atoms with van der Waals surface area (Å²) in [5, 5.41) is 0. The number of hydrogen-bond acceptors (Lipinski definition) is 6. The van der Waals surface area contributed by atoms with Crippen LogP contribution in [0.1, 0.15) is 13.3 Å². The van der Waals surface area contributed by atoms with Crippen molar-refractivity contribution in [3.05, 3.63) is 48.5 Å². The molecule has 0 aromatic heterocycles. The third-order valence-electron chi connectivity index (χ3n) is 4.48. The van der Waals surface area contributed by atoms with E-state index in [0.717, 1.165) is 35.7 Å². The van der Waals surface area contributed by atoms with Crippen LogP contribution in [0.4, 0.5) is 36.1 Å². The molecule has 7 nitrogen and oxygen atoms in total. The van der Waals surface area contributed by atoms with Gasteiger partial charge in [0.25, 0.3) is 20.0 Å².